The van der Waals surface area contributed by atoms with E-state index < -0.39 is 0 Å². The van der Waals surface area contributed by atoms with E-state index in [0.29, 0.717) is 12.5 Å². The summed E-state index contributed by atoms with van der Waals surface area (Å²) in [5.74, 6) is 1.04. The number of benzene rings is 1. The van der Waals surface area contributed by atoms with Gasteiger partial charge in [0.05, 0.1) is 7.11 Å². The molecular formula is C15H23NO2. The van der Waals surface area contributed by atoms with Gasteiger partial charge >= 0.3 is 0 Å². The molecule has 0 fully saturated rings. The number of nitrogens with zero attached hydrogens (tertiary/aromatic N) is 1. The zero-order valence-corrected chi connectivity index (χ0v) is 11.8. The second-order valence-corrected chi connectivity index (χ2v) is 4.61. The molecule has 0 saturated heterocycles. The lowest BCUT2D eigenvalue weighted by molar-refractivity contribution is -0.131. The van der Waals surface area contributed by atoms with Gasteiger partial charge in [0.1, 0.15) is 5.75 Å². The van der Waals surface area contributed by atoms with Crippen LogP contribution in [0.2, 0.25) is 0 Å². The molecule has 100 valence electrons. The van der Waals surface area contributed by atoms with Gasteiger partial charge in [-0.25, -0.2) is 0 Å². The molecule has 3 nitrogen and oxygen atoms in total. The van der Waals surface area contributed by atoms with Gasteiger partial charge in [0.25, 0.3) is 0 Å². The van der Waals surface area contributed by atoms with Crippen molar-refractivity contribution in [3.8, 4) is 5.75 Å². The third-order valence-electron chi connectivity index (χ3n) is 3.41. The number of methoxy groups -OCH3 is 1. The number of carbonyl (C=O) groups excluding carboxylic acids is 1. The highest BCUT2D eigenvalue weighted by atomic mass is 16.5. The Morgan fingerprint density at radius 2 is 2.17 bits per heavy atom. The molecule has 18 heavy (non-hydrogen) atoms. The fraction of sp³-hybridized carbons (Fsp3) is 0.533. The van der Waals surface area contributed by atoms with E-state index in [1.54, 1.807) is 7.11 Å². The first-order valence-electron chi connectivity index (χ1n) is 6.47. The lowest BCUT2D eigenvalue weighted by Crippen LogP contribution is -2.34. The molecule has 0 N–H and O–H groups in total. The van der Waals surface area contributed by atoms with Gasteiger partial charge in [-0.15, -0.1) is 0 Å². The average molecular weight is 249 g/mol. The molecule has 1 aromatic carbocycles. The Morgan fingerprint density at radius 3 is 2.78 bits per heavy atom. The highest BCUT2D eigenvalue weighted by molar-refractivity contribution is 5.76. The SMILES string of the molecule is CCC(C)N(C)C(=O)CCc1cccc(OC)c1. The van der Waals surface area contributed by atoms with Crippen LogP contribution in [-0.4, -0.2) is 31.0 Å². The van der Waals surface area contributed by atoms with Gasteiger partial charge in [0.2, 0.25) is 5.91 Å². The van der Waals surface area contributed by atoms with Crippen molar-refractivity contribution in [3.05, 3.63) is 29.8 Å². The maximum Gasteiger partial charge on any atom is 0.222 e. The Hall–Kier alpha value is -1.51. The smallest absolute Gasteiger partial charge is 0.222 e. The molecule has 1 amide bonds. The first-order chi connectivity index (χ1) is 8.58. The van der Waals surface area contributed by atoms with Crippen LogP contribution in [0.25, 0.3) is 0 Å². The van der Waals surface area contributed by atoms with Gasteiger partial charge in [0.15, 0.2) is 0 Å². The predicted octanol–water partition coefficient (Wildman–Crippen LogP) is 2.88. The Labute approximate surface area is 110 Å². The Kier molecular flexibility index (Phi) is 5.69. The van der Waals surface area contributed by atoms with Crippen LogP contribution < -0.4 is 4.74 Å². The van der Waals surface area contributed by atoms with Gasteiger partial charge in [-0.2, -0.15) is 0 Å². The molecule has 0 aliphatic rings. The molecule has 1 aromatic rings. The third-order valence-corrected chi connectivity index (χ3v) is 3.41. The molecule has 1 unspecified atom stereocenters. The van der Waals surface area contributed by atoms with Crippen molar-refractivity contribution >= 4 is 5.91 Å². The fourth-order valence-corrected chi connectivity index (χ4v) is 1.78. The zero-order chi connectivity index (χ0) is 13.5. The lowest BCUT2D eigenvalue weighted by atomic mass is 10.1. The topological polar surface area (TPSA) is 29.5 Å². The van der Waals surface area contributed by atoms with E-state index in [4.69, 9.17) is 4.74 Å². The lowest BCUT2D eigenvalue weighted by Gasteiger charge is -2.23. The van der Waals surface area contributed by atoms with Crippen molar-refractivity contribution in [1.82, 2.24) is 4.90 Å². The molecule has 1 rings (SSSR count). The third kappa shape index (κ3) is 4.06. The van der Waals surface area contributed by atoms with Crippen molar-refractivity contribution in [2.45, 2.75) is 39.2 Å². The van der Waals surface area contributed by atoms with E-state index in [1.165, 1.54) is 0 Å². The molecule has 0 aliphatic carbocycles. The summed E-state index contributed by atoms with van der Waals surface area (Å²) >= 11 is 0. The summed E-state index contributed by atoms with van der Waals surface area (Å²) in [6.45, 7) is 4.17. The molecule has 0 bridgehead atoms. The van der Waals surface area contributed by atoms with Crippen molar-refractivity contribution in [2.24, 2.45) is 0 Å². The van der Waals surface area contributed by atoms with Crippen LogP contribution >= 0.6 is 0 Å². The van der Waals surface area contributed by atoms with Crippen LogP contribution in [0.1, 0.15) is 32.3 Å². The summed E-state index contributed by atoms with van der Waals surface area (Å²) in [7, 11) is 3.53. The van der Waals surface area contributed by atoms with E-state index in [1.807, 2.05) is 36.2 Å². The molecule has 3 heteroatoms. The van der Waals surface area contributed by atoms with Crippen LogP contribution in [0.15, 0.2) is 24.3 Å². The number of hydrogen-bond acceptors (Lipinski definition) is 2. The molecule has 1 atom stereocenters. The number of carbonyl (C=O) groups is 1. The molecule has 0 spiro atoms. The van der Waals surface area contributed by atoms with Gasteiger partial charge in [-0.05, 0) is 37.5 Å². The van der Waals surface area contributed by atoms with E-state index in [-0.39, 0.29) is 5.91 Å². The minimum absolute atomic E-state index is 0.201. The summed E-state index contributed by atoms with van der Waals surface area (Å²) in [6, 6.07) is 8.19. The number of rotatable bonds is 6. The van der Waals surface area contributed by atoms with Gasteiger partial charge < -0.3 is 9.64 Å². The van der Waals surface area contributed by atoms with Crippen LogP contribution in [0.3, 0.4) is 0 Å². The number of aryl methyl sites for hydroxylation is 1. The van der Waals surface area contributed by atoms with E-state index in [9.17, 15) is 4.79 Å². The van der Waals surface area contributed by atoms with E-state index >= 15 is 0 Å². The summed E-state index contributed by atoms with van der Waals surface area (Å²) < 4.78 is 5.17. The van der Waals surface area contributed by atoms with Crippen LogP contribution in [0.4, 0.5) is 0 Å². The largest absolute Gasteiger partial charge is 0.497 e. The normalized spacial score (nSPS) is 12.0. The maximum absolute atomic E-state index is 12.0. The predicted molar refractivity (Wildman–Crippen MR) is 73.8 cm³/mol. The minimum Gasteiger partial charge on any atom is -0.497 e. The van der Waals surface area contributed by atoms with Gasteiger partial charge in [0, 0.05) is 19.5 Å². The Balaban J connectivity index is 2.51. The first kappa shape index (κ1) is 14.6. The molecule has 0 radical (unpaired) electrons. The average Bonchev–Trinajstić information content (AvgIpc) is 2.43. The fourth-order valence-electron chi connectivity index (χ4n) is 1.78. The van der Waals surface area contributed by atoms with Crippen molar-refractivity contribution < 1.29 is 9.53 Å². The molecular weight excluding hydrogens is 226 g/mol. The molecule has 0 aromatic heterocycles. The summed E-state index contributed by atoms with van der Waals surface area (Å²) in [6.07, 6.45) is 2.30. The highest BCUT2D eigenvalue weighted by Gasteiger charge is 2.13. The first-order valence-corrected chi connectivity index (χ1v) is 6.47. The number of ether oxygens (including phenoxy) is 1. The standard InChI is InChI=1S/C15H23NO2/c1-5-12(2)16(3)15(17)10-9-13-7-6-8-14(11-13)18-4/h6-8,11-12H,5,9-10H2,1-4H3. The number of hydrogen-bond donors (Lipinski definition) is 0. The number of amides is 1. The second-order valence-electron chi connectivity index (χ2n) is 4.61. The minimum atomic E-state index is 0.201. The van der Waals surface area contributed by atoms with Gasteiger partial charge in [-0.1, -0.05) is 19.1 Å². The van der Waals surface area contributed by atoms with Gasteiger partial charge in [-0.3, -0.25) is 4.79 Å². The molecule has 0 heterocycles. The Morgan fingerprint density at radius 1 is 1.44 bits per heavy atom. The second kappa shape index (κ2) is 7.04. The Bertz CT molecular complexity index is 390. The zero-order valence-electron chi connectivity index (χ0n) is 11.8. The maximum atomic E-state index is 12.0. The summed E-state index contributed by atoms with van der Waals surface area (Å²) in [4.78, 5) is 13.8. The summed E-state index contributed by atoms with van der Waals surface area (Å²) in [5.41, 5.74) is 1.14. The highest BCUT2D eigenvalue weighted by Crippen LogP contribution is 2.14. The van der Waals surface area contributed by atoms with E-state index in [2.05, 4.69) is 13.8 Å². The molecule has 0 aliphatic heterocycles. The van der Waals surface area contributed by atoms with Crippen molar-refractivity contribution in [3.63, 3.8) is 0 Å². The van der Waals surface area contributed by atoms with Crippen molar-refractivity contribution in [1.29, 1.82) is 0 Å². The van der Waals surface area contributed by atoms with E-state index in [0.717, 1.165) is 24.2 Å². The van der Waals surface area contributed by atoms with Crippen molar-refractivity contribution in [2.75, 3.05) is 14.2 Å². The summed E-state index contributed by atoms with van der Waals surface area (Å²) in [5, 5.41) is 0. The van der Waals surface area contributed by atoms with Crippen LogP contribution in [-0.2, 0) is 11.2 Å². The van der Waals surface area contributed by atoms with Crippen LogP contribution in [0, 0.1) is 0 Å². The quantitative estimate of drug-likeness (QED) is 0.776. The monoisotopic (exact) mass is 249 g/mol. The molecule has 0 saturated carbocycles. The van der Waals surface area contributed by atoms with Crippen LogP contribution in [0.5, 0.6) is 5.75 Å².